The molecule has 2 rings (SSSR count). The molecule has 0 saturated carbocycles. The van der Waals surface area contributed by atoms with Crippen molar-refractivity contribution in [1.82, 2.24) is 13.6 Å². The van der Waals surface area contributed by atoms with E-state index in [4.69, 9.17) is 13.1 Å². The summed E-state index contributed by atoms with van der Waals surface area (Å²) in [6, 6.07) is 0. The van der Waals surface area contributed by atoms with Crippen LogP contribution in [0.25, 0.3) is 9.69 Å². The number of rotatable bonds is 1. The first kappa shape index (κ1) is 12.0. The molecule has 8 heteroatoms. The zero-order valence-electron chi connectivity index (χ0n) is 9.02. The number of nitrogens with zero attached hydrogens (tertiary/aromatic N) is 7. The third-order valence-electron chi connectivity index (χ3n) is 1.96. The van der Waals surface area contributed by atoms with Crippen molar-refractivity contribution in [2.45, 2.75) is 0 Å². The van der Waals surface area contributed by atoms with Gasteiger partial charge in [0.25, 0.3) is 0 Å². The zero-order valence-corrected chi connectivity index (χ0v) is 11.4. The van der Waals surface area contributed by atoms with Crippen LogP contribution in [0, 0.1) is 13.1 Å². The van der Waals surface area contributed by atoms with Gasteiger partial charge in [0.15, 0.2) is 0 Å². The molecule has 0 N–H and O–H groups in total. The van der Waals surface area contributed by atoms with Crippen molar-refractivity contribution in [2.75, 3.05) is 0 Å². The Morgan fingerprint density at radius 3 is 2.67 bits per heavy atom. The fraction of sp³-hybridized carbons (Fsp3) is 0. The van der Waals surface area contributed by atoms with Crippen LogP contribution in [0.3, 0.4) is 0 Å². The van der Waals surface area contributed by atoms with Gasteiger partial charge in [0.05, 0.1) is 0 Å². The van der Waals surface area contributed by atoms with Crippen LogP contribution >= 0.6 is 0 Å². The first-order valence-electron chi connectivity index (χ1n) is 4.68. The molecule has 1 aliphatic rings. The van der Waals surface area contributed by atoms with Gasteiger partial charge in [-0.2, -0.15) is 0 Å². The molecule has 0 amide bonds. The number of aliphatic imine (C=N–C) groups is 2. The van der Waals surface area contributed by atoms with E-state index in [2.05, 4.69) is 29.6 Å². The van der Waals surface area contributed by atoms with Crippen molar-refractivity contribution in [1.29, 1.82) is 0 Å². The molecule has 0 fully saturated rings. The van der Waals surface area contributed by atoms with E-state index in [9.17, 15) is 0 Å². The first-order chi connectivity index (χ1) is 8.76. The average Bonchev–Trinajstić information content (AvgIpc) is 2.43. The van der Waals surface area contributed by atoms with E-state index in [-0.39, 0.29) is 11.6 Å². The van der Waals surface area contributed by atoms with Crippen molar-refractivity contribution >= 4 is 31.0 Å². The Bertz CT molecular complexity index is 616. The fourth-order valence-corrected chi connectivity index (χ4v) is 1.73. The Morgan fingerprint density at radius 2 is 2.06 bits per heavy atom. The molecular formula is C10H4GaN7. The SMILES string of the molecule is [C-]#[N+]C([N+]#[C-])=C1N=C[N]([Ga])C(c2cnccn2)=N1. The Hall–Kier alpha value is -2.42. The summed E-state index contributed by atoms with van der Waals surface area (Å²) < 4.78 is 1.71. The normalized spacial score (nSPS) is 13.6. The second kappa shape index (κ2) is 5.27. The van der Waals surface area contributed by atoms with Gasteiger partial charge in [0, 0.05) is 0 Å². The minimum atomic E-state index is -0.159. The van der Waals surface area contributed by atoms with Crippen molar-refractivity contribution in [2.24, 2.45) is 9.98 Å². The van der Waals surface area contributed by atoms with Crippen molar-refractivity contribution in [3.8, 4) is 0 Å². The van der Waals surface area contributed by atoms with Crippen LogP contribution in [0.15, 0.2) is 40.2 Å². The maximum absolute atomic E-state index is 6.89. The zero-order chi connectivity index (χ0) is 13.0. The molecule has 7 nitrogen and oxygen atoms in total. The fourth-order valence-electron chi connectivity index (χ4n) is 1.20. The van der Waals surface area contributed by atoms with Gasteiger partial charge in [-0.25, -0.2) is 0 Å². The van der Waals surface area contributed by atoms with Crippen molar-refractivity contribution < 1.29 is 0 Å². The van der Waals surface area contributed by atoms with Gasteiger partial charge in [-0.15, -0.1) is 0 Å². The second-order valence-electron chi connectivity index (χ2n) is 3.05. The number of amidine groups is 1. The summed E-state index contributed by atoms with van der Waals surface area (Å²) in [5, 5.41) is 0. The molecule has 1 aliphatic heterocycles. The van der Waals surface area contributed by atoms with Gasteiger partial charge in [-0.3, -0.25) is 0 Å². The topological polar surface area (TPSA) is 62.5 Å². The summed E-state index contributed by atoms with van der Waals surface area (Å²) in [5.41, 5.74) is 0.569. The third-order valence-corrected chi connectivity index (χ3v) is 2.76. The van der Waals surface area contributed by atoms with Crippen LogP contribution in [0.4, 0.5) is 0 Å². The quantitative estimate of drug-likeness (QED) is 0.563. The van der Waals surface area contributed by atoms with Crippen LogP contribution in [-0.4, -0.2) is 44.6 Å². The van der Waals surface area contributed by atoms with E-state index in [1.807, 2.05) is 0 Å². The van der Waals surface area contributed by atoms with E-state index in [1.165, 1.54) is 25.2 Å². The summed E-state index contributed by atoms with van der Waals surface area (Å²) in [7, 11) is 0. The van der Waals surface area contributed by atoms with E-state index >= 15 is 0 Å². The predicted molar refractivity (Wildman–Crippen MR) is 64.9 cm³/mol. The first-order valence-corrected chi connectivity index (χ1v) is 5.77. The van der Waals surface area contributed by atoms with Crippen LogP contribution < -0.4 is 0 Å². The van der Waals surface area contributed by atoms with Gasteiger partial charge >= 0.3 is 113 Å². The molecule has 0 aliphatic carbocycles. The molecule has 0 atom stereocenters. The summed E-state index contributed by atoms with van der Waals surface area (Å²) in [5.74, 6) is 0.473. The Morgan fingerprint density at radius 1 is 1.28 bits per heavy atom. The van der Waals surface area contributed by atoms with E-state index in [0.717, 1.165) is 0 Å². The molecule has 0 bridgehead atoms. The van der Waals surface area contributed by atoms with Crippen LogP contribution in [-0.2, 0) is 0 Å². The molecule has 0 aromatic carbocycles. The summed E-state index contributed by atoms with van der Waals surface area (Å²) in [6.07, 6.45) is 6.20. The second-order valence-corrected chi connectivity index (χ2v) is 4.22. The van der Waals surface area contributed by atoms with Crippen molar-refractivity contribution in [3.63, 3.8) is 0 Å². The molecule has 18 heavy (non-hydrogen) atoms. The van der Waals surface area contributed by atoms with E-state index < -0.39 is 0 Å². The van der Waals surface area contributed by atoms with Crippen LogP contribution in [0.2, 0.25) is 0 Å². The standard InChI is InChI=1S/C10H4N7.Ga/c1-11-9(12-2)10-16-6-15-8(17-10)7-5-13-3-4-14-7;/h3-6H;/q-1;+1. The molecule has 0 unspecified atom stereocenters. The molecular weight excluding hydrogens is 288 g/mol. The molecule has 1 aromatic rings. The summed E-state index contributed by atoms with van der Waals surface area (Å²) >= 11 is 1.26. The third kappa shape index (κ3) is 2.30. The van der Waals surface area contributed by atoms with E-state index in [0.29, 0.717) is 11.5 Å². The molecule has 2 heterocycles. The molecule has 0 spiro atoms. The predicted octanol–water partition coefficient (Wildman–Crippen LogP) is 0.616. The summed E-state index contributed by atoms with van der Waals surface area (Å²) in [6.45, 7) is 13.8. The van der Waals surface area contributed by atoms with Gasteiger partial charge in [-0.1, -0.05) is 0 Å². The van der Waals surface area contributed by atoms with Crippen molar-refractivity contribution in [3.05, 3.63) is 58.8 Å². The Kier molecular flexibility index (Phi) is 3.53. The maximum atomic E-state index is 6.89. The summed E-state index contributed by atoms with van der Waals surface area (Å²) in [4.78, 5) is 22.4. The molecule has 82 valence electrons. The van der Waals surface area contributed by atoms with Gasteiger partial charge in [-0.05, 0) is 0 Å². The van der Waals surface area contributed by atoms with E-state index in [1.54, 1.807) is 22.2 Å². The number of hydrogen-bond donors (Lipinski definition) is 0. The van der Waals surface area contributed by atoms with Gasteiger partial charge in [0.2, 0.25) is 0 Å². The number of aromatic nitrogens is 2. The van der Waals surface area contributed by atoms with Crippen LogP contribution in [0.1, 0.15) is 5.69 Å². The molecule has 2 radical (unpaired) electrons. The number of hydrogen-bond acceptors (Lipinski definition) is 5. The van der Waals surface area contributed by atoms with Gasteiger partial charge < -0.3 is 0 Å². The monoisotopic (exact) mass is 291 g/mol. The Balaban J connectivity index is 2.52. The Labute approximate surface area is 113 Å². The average molecular weight is 292 g/mol. The molecule has 0 saturated heterocycles. The molecule has 1 aromatic heterocycles. The van der Waals surface area contributed by atoms with Gasteiger partial charge in [0.1, 0.15) is 0 Å². The minimum absolute atomic E-state index is 0.106. The van der Waals surface area contributed by atoms with Crippen LogP contribution in [0.5, 0.6) is 0 Å².